The first kappa shape index (κ1) is 10.2. The lowest BCUT2D eigenvalue weighted by molar-refractivity contribution is 0.415. The van der Waals surface area contributed by atoms with Crippen molar-refractivity contribution in [1.29, 1.82) is 0 Å². The highest BCUT2D eigenvalue weighted by Crippen LogP contribution is 2.25. The van der Waals surface area contributed by atoms with Gasteiger partial charge in [0.15, 0.2) is 0 Å². The van der Waals surface area contributed by atoms with Crippen LogP contribution in [0.15, 0.2) is 36.7 Å². The Morgan fingerprint density at radius 3 is 2.71 bits per heavy atom. The normalized spacial score (nSPS) is 14.6. The van der Waals surface area contributed by atoms with Crippen molar-refractivity contribution in [3.63, 3.8) is 0 Å². The molecule has 0 amide bonds. The van der Waals surface area contributed by atoms with Gasteiger partial charge in [0.2, 0.25) is 5.95 Å². The number of imidazole rings is 1. The summed E-state index contributed by atoms with van der Waals surface area (Å²) in [6.45, 7) is 0. The molecule has 1 saturated carbocycles. The lowest BCUT2D eigenvalue weighted by Gasteiger charge is -2.09. The average molecular weight is 229 g/mol. The Hall–Kier alpha value is -1.97. The van der Waals surface area contributed by atoms with Crippen molar-refractivity contribution in [2.24, 2.45) is 0 Å². The zero-order valence-corrected chi connectivity index (χ0v) is 9.76. The first-order valence-electron chi connectivity index (χ1n) is 5.81. The summed E-state index contributed by atoms with van der Waals surface area (Å²) in [6.07, 6.45) is 6.27. The van der Waals surface area contributed by atoms with Gasteiger partial charge in [-0.1, -0.05) is 0 Å². The molecule has 1 fully saturated rings. The SMILES string of the molecule is COc1ccc(-n2ccnc2NC2CC2)cc1. The van der Waals surface area contributed by atoms with Crippen LogP contribution in [0.25, 0.3) is 5.69 Å². The molecule has 2 aromatic rings. The van der Waals surface area contributed by atoms with Crippen LogP contribution in [0.3, 0.4) is 0 Å². The average Bonchev–Trinajstić information content (AvgIpc) is 3.06. The predicted molar refractivity (Wildman–Crippen MR) is 66.8 cm³/mol. The molecule has 88 valence electrons. The summed E-state index contributed by atoms with van der Waals surface area (Å²) in [5.74, 6) is 1.78. The number of nitrogens with one attached hydrogen (secondary N) is 1. The number of nitrogens with zero attached hydrogens (tertiary/aromatic N) is 2. The van der Waals surface area contributed by atoms with Crippen molar-refractivity contribution in [3.05, 3.63) is 36.7 Å². The molecule has 4 heteroatoms. The third-order valence-corrected chi connectivity index (χ3v) is 2.90. The second kappa shape index (κ2) is 4.13. The van der Waals surface area contributed by atoms with Gasteiger partial charge in [-0.05, 0) is 37.1 Å². The number of methoxy groups -OCH3 is 1. The largest absolute Gasteiger partial charge is 0.497 e. The van der Waals surface area contributed by atoms with Crippen molar-refractivity contribution in [3.8, 4) is 11.4 Å². The lowest BCUT2D eigenvalue weighted by atomic mass is 10.3. The van der Waals surface area contributed by atoms with Crippen LogP contribution in [0, 0.1) is 0 Å². The summed E-state index contributed by atoms with van der Waals surface area (Å²) in [5, 5.41) is 3.41. The van der Waals surface area contributed by atoms with Gasteiger partial charge in [0.25, 0.3) is 0 Å². The molecule has 0 radical (unpaired) electrons. The standard InChI is InChI=1S/C13H15N3O/c1-17-12-6-4-11(5-7-12)16-9-8-14-13(16)15-10-2-3-10/h4-10H,2-3H2,1H3,(H,14,15). The Balaban J connectivity index is 1.88. The number of hydrogen-bond donors (Lipinski definition) is 1. The first-order valence-corrected chi connectivity index (χ1v) is 5.81. The molecule has 1 aliphatic carbocycles. The number of rotatable bonds is 4. The van der Waals surface area contributed by atoms with E-state index in [0.717, 1.165) is 17.4 Å². The molecular weight excluding hydrogens is 214 g/mol. The number of benzene rings is 1. The maximum Gasteiger partial charge on any atom is 0.207 e. The second-order valence-electron chi connectivity index (χ2n) is 4.24. The maximum atomic E-state index is 5.15. The van der Waals surface area contributed by atoms with E-state index < -0.39 is 0 Å². The number of ether oxygens (including phenoxy) is 1. The minimum absolute atomic E-state index is 0.606. The van der Waals surface area contributed by atoms with Crippen molar-refractivity contribution < 1.29 is 4.74 Å². The van der Waals surface area contributed by atoms with Crippen molar-refractivity contribution in [2.75, 3.05) is 12.4 Å². The molecule has 1 N–H and O–H groups in total. The Morgan fingerprint density at radius 2 is 2.06 bits per heavy atom. The van der Waals surface area contributed by atoms with E-state index in [1.54, 1.807) is 7.11 Å². The zero-order chi connectivity index (χ0) is 11.7. The minimum atomic E-state index is 0.606. The molecule has 1 heterocycles. The maximum absolute atomic E-state index is 5.15. The molecule has 1 aromatic carbocycles. The van der Waals surface area contributed by atoms with Crippen molar-refractivity contribution >= 4 is 5.95 Å². The molecule has 1 aliphatic rings. The second-order valence-corrected chi connectivity index (χ2v) is 4.24. The molecule has 1 aromatic heterocycles. The molecule has 3 rings (SSSR count). The summed E-state index contributed by atoms with van der Waals surface area (Å²) in [4.78, 5) is 4.34. The summed E-state index contributed by atoms with van der Waals surface area (Å²) < 4.78 is 7.20. The van der Waals surface area contributed by atoms with Gasteiger partial charge in [0, 0.05) is 24.1 Å². The van der Waals surface area contributed by atoms with Crippen LogP contribution in [0.5, 0.6) is 5.75 Å². The van der Waals surface area contributed by atoms with Gasteiger partial charge in [0.05, 0.1) is 7.11 Å². The van der Waals surface area contributed by atoms with Crippen LogP contribution < -0.4 is 10.1 Å². The lowest BCUT2D eigenvalue weighted by Crippen LogP contribution is -2.07. The highest BCUT2D eigenvalue weighted by atomic mass is 16.5. The van der Waals surface area contributed by atoms with Crippen LogP contribution in [0.1, 0.15) is 12.8 Å². The molecule has 0 spiro atoms. The Labute approximate surface area is 100 Å². The van der Waals surface area contributed by atoms with Gasteiger partial charge in [0.1, 0.15) is 5.75 Å². The fourth-order valence-corrected chi connectivity index (χ4v) is 1.77. The third-order valence-electron chi connectivity index (χ3n) is 2.90. The van der Waals surface area contributed by atoms with Crippen molar-refractivity contribution in [1.82, 2.24) is 9.55 Å². The number of hydrogen-bond acceptors (Lipinski definition) is 3. The van der Waals surface area contributed by atoms with Gasteiger partial charge in [-0.25, -0.2) is 4.98 Å². The Bertz CT molecular complexity index is 500. The monoisotopic (exact) mass is 229 g/mol. The molecule has 0 atom stereocenters. The molecular formula is C13H15N3O. The van der Waals surface area contributed by atoms with Gasteiger partial charge >= 0.3 is 0 Å². The van der Waals surface area contributed by atoms with Gasteiger partial charge < -0.3 is 10.1 Å². The van der Waals surface area contributed by atoms with E-state index in [9.17, 15) is 0 Å². The van der Waals surface area contributed by atoms with Crippen LogP contribution >= 0.6 is 0 Å². The van der Waals surface area contributed by atoms with E-state index in [-0.39, 0.29) is 0 Å². The van der Waals surface area contributed by atoms with E-state index in [0.29, 0.717) is 6.04 Å². The van der Waals surface area contributed by atoms with E-state index >= 15 is 0 Å². The molecule has 0 unspecified atom stereocenters. The summed E-state index contributed by atoms with van der Waals surface area (Å²) in [7, 11) is 1.67. The molecule has 0 saturated heterocycles. The molecule has 4 nitrogen and oxygen atoms in total. The topological polar surface area (TPSA) is 39.1 Å². The van der Waals surface area contributed by atoms with Crippen LogP contribution in [-0.4, -0.2) is 22.7 Å². The fraction of sp³-hybridized carbons (Fsp3) is 0.308. The van der Waals surface area contributed by atoms with Gasteiger partial charge in [-0.15, -0.1) is 0 Å². The van der Waals surface area contributed by atoms with Crippen LogP contribution in [0.4, 0.5) is 5.95 Å². The first-order chi connectivity index (χ1) is 8.36. The van der Waals surface area contributed by atoms with Crippen LogP contribution in [-0.2, 0) is 0 Å². The fourth-order valence-electron chi connectivity index (χ4n) is 1.77. The number of anilines is 1. The van der Waals surface area contributed by atoms with Crippen molar-refractivity contribution in [2.45, 2.75) is 18.9 Å². The summed E-state index contributed by atoms with van der Waals surface area (Å²) in [5.41, 5.74) is 1.09. The van der Waals surface area contributed by atoms with E-state index in [2.05, 4.69) is 14.9 Å². The Morgan fingerprint density at radius 1 is 1.29 bits per heavy atom. The summed E-state index contributed by atoms with van der Waals surface area (Å²) in [6, 6.07) is 8.57. The third kappa shape index (κ3) is 2.11. The summed E-state index contributed by atoms with van der Waals surface area (Å²) >= 11 is 0. The van der Waals surface area contributed by atoms with Gasteiger partial charge in [-0.3, -0.25) is 4.57 Å². The highest BCUT2D eigenvalue weighted by Gasteiger charge is 2.22. The Kier molecular flexibility index (Phi) is 2.48. The van der Waals surface area contributed by atoms with E-state index in [4.69, 9.17) is 4.74 Å². The van der Waals surface area contributed by atoms with Gasteiger partial charge in [-0.2, -0.15) is 0 Å². The number of aromatic nitrogens is 2. The molecule has 0 bridgehead atoms. The van der Waals surface area contributed by atoms with E-state index in [1.165, 1.54) is 12.8 Å². The molecule has 0 aliphatic heterocycles. The zero-order valence-electron chi connectivity index (χ0n) is 9.76. The quantitative estimate of drug-likeness (QED) is 0.875. The molecule has 17 heavy (non-hydrogen) atoms. The van der Waals surface area contributed by atoms with E-state index in [1.807, 2.05) is 36.7 Å². The minimum Gasteiger partial charge on any atom is -0.497 e. The predicted octanol–water partition coefficient (Wildman–Crippen LogP) is 2.46. The highest BCUT2D eigenvalue weighted by molar-refractivity contribution is 5.45. The smallest absolute Gasteiger partial charge is 0.207 e. The van der Waals surface area contributed by atoms with Crippen LogP contribution in [0.2, 0.25) is 0 Å².